The summed E-state index contributed by atoms with van der Waals surface area (Å²) in [4.78, 5) is 13.2. The number of halogens is 3. The van der Waals surface area contributed by atoms with Gasteiger partial charge in [0, 0.05) is 90.6 Å². The largest absolute Gasteiger partial charge is 0.387 e. The van der Waals surface area contributed by atoms with Crippen LogP contribution in [0.25, 0.3) is 178 Å². The molecule has 624 valence electrons. The number of hydrogen-bond donors (Lipinski definition) is 3. The number of nitrogens with zero attached hydrogens (tertiary/aromatic N) is 6. The van der Waals surface area contributed by atoms with Crippen LogP contribution in [0.5, 0.6) is 0 Å². The molecule has 0 aliphatic carbocycles. The number of fused-ring (bicyclic) bond motifs is 11. The summed E-state index contributed by atoms with van der Waals surface area (Å²) in [6, 6.07) is 157. The van der Waals surface area contributed by atoms with Gasteiger partial charge in [0.2, 0.25) is 0 Å². The van der Waals surface area contributed by atoms with Gasteiger partial charge in [-0.15, -0.1) is 0 Å². The number of imidazole rings is 2. The average molecular weight is 1860 g/mol. The normalized spacial score (nSPS) is 11.3. The van der Waals surface area contributed by atoms with Gasteiger partial charge < -0.3 is 24.3 Å². The minimum atomic E-state index is -1.01. The lowest BCUT2D eigenvalue weighted by molar-refractivity contribution is -0.107. The molecule has 5 heterocycles. The van der Waals surface area contributed by atoms with Crippen molar-refractivity contribution in [1.29, 1.82) is 0 Å². The smallest absolute Gasteiger partial charge is 0.145 e. The molecule has 0 atom stereocenters. The summed E-state index contributed by atoms with van der Waals surface area (Å²) < 4.78 is 12.4. The molecule has 0 bridgehead atoms. The van der Waals surface area contributed by atoms with Gasteiger partial charge in [0.05, 0.1) is 55.3 Å². The van der Waals surface area contributed by atoms with E-state index in [4.69, 9.17) is 28.0 Å². The number of aromatic nitrogens is 7. The molecular formula is C116H89BBr3N7O2. The first kappa shape index (κ1) is 85.5. The number of nitrogens with one attached hydrogen (secondary N) is 1. The number of para-hydroxylation sites is 12. The van der Waals surface area contributed by atoms with Crippen molar-refractivity contribution in [1.82, 2.24) is 33.2 Å². The quantitative estimate of drug-likeness (QED) is 0.112. The van der Waals surface area contributed by atoms with Gasteiger partial charge in [-0.1, -0.05) is 357 Å². The van der Waals surface area contributed by atoms with E-state index in [1.165, 1.54) is 121 Å². The SMILES string of the molecule is Brc1ccc(-c2ccc(-n3c4ccccc4c4ccccc43)cc2)cc1.Brc1ccc(-c2ccc(Br)cc2)cc1.CC(C)(O)C(C)(C)O.[B]c1ccc(-c2nc3ccccc3n2-c2ccccc2)cc1.c1ccc(-n2c(-c3ccc(-c4ccc(-c5ccc(-n6c7ccccc7c7ccccc76)cc5)cc4)cc3)nc3ccccc32)cc1.c1ccc2c(c1)[nH]c1ccccc12. The second-order valence-electron chi connectivity index (χ2n) is 32.7. The lowest BCUT2D eigenvalue weighted by Gasteiger charge is -2.31. The molecule has 0 aliphatic rings. The third kappa shape index (κ3) is 18.8. The van der Waals surface area contributed by atoms with Gasteiger partial charge in [-0.05, 0) is 218 Å². The minimum absolute atomic E-state index is 0.756. The molecular weight excluding hydrogens is 1770 g/mol. The highest BCUT2D eigenvalue weighted by Gasteiger charge is 2.32. The zero-order chi connectivity index (χ0) is 88.5. The van der Waals surface area contributed by atoms with E-state index in [9.17, 15) is 0 Å². The monoisotopic (exact) mass is 1860 g/mol. The molecule has 23 aromatic rings. The Hall–Kier alpha value is -14.3. The standard InChI is InChI=1S/C43H29N3.C24H16BrN.C19H13BN2.C12H8Br2.C12H9N.C6H14O2/c1-2-10-35(11-3-1)46-42-17-9-6-14-39(42)44-43(46)34-24-22-32(23-25-34)30-18-20-31(21-19-30)33-26-28-36(29-27-33)45-40-15-7-4-12-37(40)38-13-5-8-16-41(38)45;25-19-13-9-17(10-14-19)18-11-15-20(16-12-18)26-23-7-3-1-5-21(23)22-6-2-4-8-24(22)26;20-15-12-10-14(11-13-15)19-21-17-8-4-5-9-18(17)22(19)16-6-2-1-3-7-16;13-11-5-1-9(2-6-11)10-3-7-12(14)8-4-10;1-3-7-11-9(5-1)10-6-2-4-8-12(10)13-11;1-5(2,7)6(3,4)8/h1-29H;1-16H;1-13H;1-8H;1-8,13H;7-8H,1-4H3. The summed E-state index contributed by atoms with van der Waals surface area (Å²) in [5.74, 6) is 1.87. The topological polar surface area (TPSA) is 102 Å². The molecule has 5 aromatic heterocycles. The van der Waals surface area contributed by atoms with Gasteiger partial charge in [0.15, 0.2) is 0 Å². The van der Waals surface area contributed by atoms with Crippen LogP contribution >= 0.6 is 47.8 Å². The zero-order valence-electron chi connectivity index (χ0n) is 71.5. The number of aliphatic hydroxyl groups is 2. The van der Waals surface area contributed by atoms with Crippen molar-refractivity contribution in [2.45, 2.75) is 38.9 Å². The maximum absolute atomic E-state index is 9.10. The average Bonchev–Trinajstić information content (AvgIpc) is 1.60. The summed E-state index contributed by atoms with van der Waals surface area (Å²) in [5, 5.41) is 26.0. The summed E-state index contributed by atoms with van der Waals surface area (Å²) in [6.07, 6.45) is 0. The van der Waals surface area contributed by atoms with Crippen LogP contribution in [-0.4, -0.2) is 62.5 Å². The van der Waals surface area contributed by atoms with Crippen molar-refractivity contribution in [2.24, 2.45) is 0 Å². The first-order valence-electron chi connectivity index (χ1n) is 42.9. The molecule has 2 radical (unpaired) electrons. The molecule has 23 rings (SSSR count). The molecule has 0 aliphatic heterocycles. The maximum Gasteiger partial charge on any atom is 0.145 e. The van der Waals surface area contributed by atoms with E-state index in [1.54, 1.807) is 27.7 Å². The Morgan fingerprint density at radius 3 is 0.736 bits per heavy atom. The van der Waals surface area contributed by atoms with Crippen molar-refractivity contribution in [3.05, 3.63) is 462 Å². The van der Waals surface area contributed by atoms with Crippen LogP contribution < -0.4 is 5.46 Å². The first-order valence-corrected chi connectivity index (χ1v) is 45.3. The Morgan fingerprint density at radius 2 is 0.442 bits per heavy atom. The lowest BCUT2D eigenvalue weighted by Crippen LogP contribution is -2.44. The highest BCUT2D eigenvalue weighted by Crippen LogP contribution is 2.39. The Bertz CT molecular complexity index is 7580. The van der Waals surface area contributed by atoms with E-state index in [-0.39, 0.29) is 0 Å². The summed E-state index contributed by atoms with van der Waals surface area (Å²) >= 11 is 10.3. The molecule has 0 spiro atoms. The van der Waals surface area contributed by atoms with E-state index in [2.05, 4.69) is 447 Å². The van der Waals surface area contributed by atoms with Gasteiger partial charge in [0.25, 0.3) is 0 Å². The number of rotatable bonds is 11. The van der Waals surface area contributed by atoms with Crippen molar-refractivity contribution in [3.63, 3.8) is 0 Å². The minimum Gasteiger partial charge on any atom is -0.387 e. The van der Waals surface area contributed by atoms with Crippen LogP contribution in [-0.2, 0) is 0 Å². The van der Waals surface area contributed by atoms with Crippen molar-refractivity contribution < 1.29 is 10.2 Å². The highest BCUT2D eigenvalue weighted by atomic mass is 79.9. The van der Waals surface area contributed by atoms with Gasteiger partial charge in [-0.2, -0.15) is 0 Å². The number of aromatic amines is 1. The predicted molar refractivity (Wildman–Crippen MR) is 553 cm³/mol. The maximum atomic E-state index is 9.10. The fraction of sp³-hybridized carbons (Fsp3) is 0.0517. The molecule has 0 saturated heterocycles. The molecule has 0 fully saturated rings. The molecule has 0 saturated carbocycles. The fourth-order valence-corrected chi connectivity index (χ4v) is 16.9. The Labute approximate surface area is 777 Å². The van der Waals surface area contributed by atoms with Crippen LogP contribution in [0.3, 0.4) is 0 Å². The molecule has 3 N–H and O–H groups in total. The second-order valence-corrected chi connectivity index (χ2v) is 35.4. The highest BCUT2D eigenvalue weighted by molar-refractivity contribution is 9.11. The Kier molecular flexibility index (Phi) is 25.3. The zero-order valence-corrected chi connectivity index (χ0v) is 76.3. The van der Waals surface area contributed by atoms with E-state index in [0.717, 1.165) is 75.1 Å². The number of hydrogen-bond acceptors (Lipinski definition) is 4. The fourth-order valence-electron chi connectivity index (χ4n) is 16.1. The van der Waals surface area contributed by atoms with E-state index >= 15 is 0 Å². The molecule has 129 heavy (non-hydrogen) atoms. The lowest BCUT2D eigenvalue weighted by atomic mass is 9.90. The van der Waals surface area contributed by atoms with Crippen LogP contribution in [0, 0.1) is 0 Å². The van der Waals surface area contributed by atoms with Crippen LogP contribution in [0.2, 0.25) is 0 Å². The van der Waals surface area contributed by atoms with E-state index in [0.29, 0.717) is 0 Å². The number of H-pyrrole nitrogens is 1. The third-order valence-corrected chi connectivity index (χ3v) is 25.1. The molecule has 0 unspecified atom stereocenters. The molecule has 0 amide bonds. The van der Waals surface area contributed by atoms with E-state index < -0.39 is 11.2 Å². The Morgan fingerprint density at radius 1 is 0.225 bits per heavy atom. The third-order valence-electron chi connectivity index (χ3n) is 23.5. The van der Waals surface area contributed by atoms with Crippen molar-refractivity contribution >= 4 is 149 Å². The van der Waals surface area contributed by atoms with Crippen molar-refractivity contribution in [3.8, 4) is 90.0 Å². The summed E-state index contributed by atoms with van der Waals surface area (Å²) in [7, 11) is 5.80. The second kappa shape index (κ2) is 38.1. The Balaban J connectivity index is 0.000000115. The molecule has 13 heteroatoms. The first-order chi connectivity index (χ1) is 62.9. The van der Waals surface area contributed by atoms with Crippen LogP contribution in [0.15, 0.2) is 462 Å². The summed E-state index contributed by atoms with van der Waals surface area (Å²) in [5.41, 5.74) is 26.7. The van der Waals surface area contributed by atoms with Gasteiger partial charge in [0.1, 0.15) is 19.5 Å². The van der Waals surface area contributed by atoms with Crippen LogP contribution in [0.4, 0.5) is 0 Å². The van der Waals surface area contributed by atoms with Gasteiger partial charge in [-0.25, -0.2) is 9.97 Å². The van der Waals surface area contributed by atoms with Gasteiger partial charge in [-0.3, -0.25) is 9.13 Å². The summed E-state index contributed by atoms with van der Waals surface area (Å²) in [6.45, 7) is 6.31. The molecule has 18 aromatic carbocycles. The molecule has 9 nitrogen and oxygen atoms in total. The van der Waals surface area contributed by atoms with Crippen LogP contribution in [0.1, 0.15) is 27.7 Å². The van der Waals surface area contributed by atoms with E-state index in [1.807, 2.05) is 72.8 Å². The number of benzene rings is 18. The van der Waals surface area contributed by atoms with Crippen molar-refractivity contribution in [2.75, 3.05) is 0 Å². The van der Waals surface area contributed by atoms with Gasteiger partial charge >= 0.3 is 0 Å². The predicted octanol–water partition coefficient (Wildman–Crippen LogP) is 30.6.